The molecule has 1 saturated heterocycles. The molecule has 2 aliphatic rings. The Morgan fingerprint density at radius 2 is 1.00 bits per heavy atom. The maximum atomic E-state index is 4.18. The van der Waals surface area contributed by atoms with Gasteiger partial charge in [0.05, 0.1) is 0 Å². The third-order valence-electron chi connectivity index (χ3n) is 7.61. The second-order valence-electron chi connectivity index (χ2n) is 9.37. The standard InChI is InChI=1S/2C10H15.C5H10N.C5H8N.Yb/c2*1-6-7(2)9(4)10(5)8(6)3;2*1-2-4-6-5-3-1;/h2*1-5H3;1-5H2;1-2H,3-5H2;/q-5;3*-1;. The van der Waals surface area contributed by atoms with Crippen LogP contribution in [-0.4, -0.2) is 26.2 Å². The van der Waals surface area contributed by atoms with Crippen molar-refractivity contribution >= 4 is 0 Å². The first-order chi connectivity index (χ1) is 15.1. The molecule has 0 bridgehead atoms. The monoisotopic (exact) mass is 610 g/mol. The first-order valence-electron chi connectivity index (χ1n) is 12.4. The van der Waals surface area contributed by atoms with Crippen molar-refractivity contribution in [3.63, 3.8) is 0 Å². The van der Waals surface area contributed by atoms with Gasteiger partial charge in [0.15, 0.2) is 0 Å². The van der Waals surface area contributed by atoms with Gasteiger partial charge in [-0.3, -0.25) is 0 Å². The summed E-state index contributed by atoms with van der Waals surface area (Å²) in [5.74, 6) is 0. The number of hydrogen-bond acceptors (Lipinski definition) is 0. The van der Waals surface area contributed by atoms with Crippen molar-refractivity contribution < 1.29 is 46.9 Å². The molecule has 2 aromatic rings. The quantitative estimate of drug-likeness (QED) is 0.211. The predicted molar refractivity (Wildman–Crippen MR) is 145 cm³/mol. The molecule has 200 valence electrons. The van der Waals surface area contributed by atoms with Gasteiger partial charge in [-0.1, -0.05) is 66.4 Å². The van der Waals surface area contributed by atoms with Crippen LogP contribution in [0, 0.1) is 116 Å². The number of rotatable bonds is 0. The van der Waals surface area contributed by atoms with Gasteiger partial charge < -0.3 is 38.5 Å². The van der Waals surface area contributed by atoms with E-state index in [0.717, 1.165) is 32.6 Å². The maximum Gasteiger partial charge on any atom is 0 e. The van der Waals surface area contributed by atoms with Gasteiger partial charge in [0, 0.05) is 46.9 Å². The van der Waals surface area contributed by atoms with E-state index in [1.165, 1.54) is 74.9 Å². The minimum atomic E-state index is 0. The summed E-state index contributed by atoms with van der Waals surface area (Å²) in [6, 6.07) is 0. The predicted octanol–water partition coefficient (Wildman–Crippen LogP) is 8.76. The van der Waals surface area contributed by atoms with Crippen LogP contribution in [0.1, 0.15) is 81.3 Å². The van der Waals surface area contributed by atoms with E-state index in [1.807, 2.05) is 0 Å². The molecule has 0 atom stereocenters. The molecular weight excluding hydrogens is 561 g/mol. The first kappa shape index (κ1) is 32.9. The third kappa shape index (κ3) is 10.6. The van der Waals surface area contributed by atoms with E-state index in [0.29, 0.717) is 0 Å². The third-order valence-corrected chi connectivity index (χ3v) is 7.61. The molecule has 0 aliphatic carbocycles. The first-order valence-corrected chi connectivity index (χ1v) is 12.4. The number of piperidine rings is 1. The van der Waals surface area contributed by atoms with Crippen molar-refractivity contribution in [1.29, 1.82) is 0 Å². The molecule has 3 heteroatoms. The zero-order valence-corrected chi connectivity index (χ0v) is 24.7. The van der Waals surface area contributed by atoms with Gasteiger partial charge in [-0.25, -0.2) is 34.6 Å². The Hall–Kier alpha value is -0.121. The van der Waals surface area contributed by atoms with Crippen molar-refractivity contribution in [2.45, 2.75) is 94.9 Å². The van der Waals surface area contributed by atoms with Crippen LogP contribution in [0.3, 0.4) is 0 Å². The van der Waals surface area contributed by atoms with Crippen molar-refractivity contribution in [2.75, 3.05) is 26.2 Å². The minimum absolute atomic E-state index is 0. The molecule has 0 saturated carbocycles. The fourth-order valence-corrected chi connectivity index (χ4v) is 4.07. The second kappa shape index (κ2) is 17.3. The average molecular weight is 610 g/mol. The maximum absolute atomic E-state index is 4.18. The number of nitrogens with zero attached hydrogens (tertiary/aromatic N) is 2. The van der Waals surface area contributed by atoms with Crippen molar-refractivity contribution in [2.24, 2.45) is 0 Å². The minimum Gasteiger partial charge on any atom is -0.731 e. The average Bonchev–Trinajstić information content (AvgIpc) is 3.12. The number of hydrogen-bond donors (Lipinski definition) is 0. The van der Waals surface area contributed by atoms with Crippen LogP contribution in [-0.2, 0) is 0 Å². The Bertz CT molecular complexity index is 611. The van der Waals surface area contributed by atoms with Crippen LogP contribution < -0.4 is 0 Å². The van der Waals surface area contributed by atoms with Gasteiger partial charge in [-0.15, -0.1) is 32.3 Å². The molecule has 2 aromatic carbocycles. The molecule has 33 heavy (non-hydrogen) atoms. The molecule has 2 heterocycles. The molecule has 0 aromatic heterocycles. The normalized spacial score (nSPS) is 14.6. The molecule has 2 aliphatic heterocycles. The molecule has 0 unspecified atom stereocenters. The Balaban J connectivity index is 0.000000420. The van der Waals surface area contributed by atoms with Crippen LogP contribution >= 0.6 is 0 Å². The van der Waals surface area contributed by atoms with E-state index >= 15 is 0 Å². The molecule has 2 nitrogen and oxygen atoms in total. The molecule has 0 spiro atoms. The van der Waals surface area contributed by atoms with E-state index in [-0.39, 0.29) is 46.9 Å². The summed E-state index contributed by atoms with van der Waals surface area (Å²) in [6.07, 6.45) is 9.50. The zero-order valence-electron chi connectivity index (χ0n) is 23.0. The fourth-order valence-electron chi connectivity index (χ4n) is 4.07. The second-order valence-corrected chi connectivity index (χ2v) is 9.37. The summed E-state index contributed by atoms with van der Waals surface area (Å²) < 4.78 is 0. The Morgan fingerprint density at radius 1 is 0.576 bits per heavy atom. The van der Waals surface area contributed by atoms with E-state index in [4.69, 9.17) is 0 Å². The molecule has 0 amide bonds. The fraction of sp³-hybridized carbons (Fsp3) is 0.600. The van der Waals surface area contributed by atoms with Crippen LogP contribution in [0.15, 0.2) is 12.2 Å². The molecular formula is C30H48N2Yb-8. The van der Waals surface area contributed by atoms with Crippen molar-refractivity contribution in [3.05, 3.63) is 78.4 Å². The SMILES string of the molecule is C1=CC[N-]CC1.C1CC[N-]CC1.C[c-]1[c-](C)[c-](C)[c-](C)[c-]1C.Cc1c(C)c(C)[c-](C)c1C.[Yb]. The van der Waals surface area contributed by atoms with E-state index in [2.05, 4.69) is 92.0 Å². The Kier molecular flexibility index (Phi) is 17.3. The van der Waals surface area contributed by atoms with E-state index in [1.54, 1.807) is 0 Å². The van der Waals surface area contributed by atoms with E-state index in [9.17, 15) is 0 Å². The summed E-state index contributed by atoms with van der Waals surface area (Å²) in [5.41, 5.74) is 14.7. The topological polar surface area (TPSA) is 28.2 Å². The van der Waals surface area contributed by atoms with Gasteiger partial charge >= 0.3 is 0 Å². The van der Waals surface area contributed by atoms with Gasteiger partial charge in [0.1, 0.15) is 0 Å². The Morgan fingerprint density at radius 3 is 1.12 bits per heavy atom. The summed E-state index contributed by atoms with van der Waals surface area (Å²) in [7, 11) is 0. The molecule has 0 N–H and O–H groups in total. The zero-order chi connectivity index (χ0) is 24.3. The molecule has 0 radical (unpaired) electrons. The molecule has 4 rings (SSSR count). The summed E-state index contributed by atoms with van der Waals surface area (Å²) in [6.45, 7) is 26.2. The van der Waals surface area contributed by atoms with Gasteiger partial charge in [0.25, 0.3) is 0 Å². The summed E-state index contributed by atoms with van der Waals surface area (Å²) >= 11 is 0. The van der Waals surface area contributed by atoms with Gasteiger partial charge in [-0.05, 0) is 0 Å². The van der Waals surface area contributed by atoms with Crippen molar-refractivity contribution in [1.82, 2.24) is 0 Å². The van der Waals surface area contributed by atoms with Crippen LogP contribution in [0.4, 0.5) is 0 Å². The summed E-state index contributed by atoms with van der Waals surface area (Å²) in [4.78, 5) is 0. The van der Waals surface area contributed by atoms with Gasteiger partial charge in [0.2, 0.25) is 0 Å². The van der Waals surface area contributed by atoms with Gasteiger partial charge in [-0.2, -0.15) is 27.8 Å². The Labute approximate surface area is 244 Å². The largest absolute Gasteiger partial charge is 0.731 e. The smallest absolute Gasteiger partial charge is 0 e. The van der Waals surface area contributed by atoms with Crippen LogP contribution in [0.5, 0.6) is 0 Å². The van der Waals surface area contributed by atoms with Crippen molar-refractivity contribution in [3.8, 4) is 0 Å². The summed E-state index contributed by atoms with van der Waals surface area (Å²) in [5, 5.41) is 8.27. The van der Waals surface area contributed by atoms with E-state index < -0.39 is 0 Å². The van der Waals surface area contributed by atoms with Crippen LogP contribution in [0.25, 0.3) is 10.6 Å². The molecule has 1 fully saturated rings. The van der Waals surface area contributed by atoms with Crippen LogP contribution in [0.2, 0.25) is 0 Å².